The fourth-order valence-electron chi connectivity index (χ4n) is 1.82. The van der Waals surface area contributed by atoms with E-state index < -0.39 is 0 Å². The predicted octanol–water partition coefficient (Wildman–Crippen LogP) is 2.66. The molecule has 19 heavy (non-hydrogen) atoms. The summed E-state index contributed by atoms with van der Waals surface area (Å²) in [4.78, 5) is 4.09. The van der Waals surface area contributed by atoms with Gasteiger partial charge in [-0.2, -0.15) is 0 Å². The number of nitrogens with two attached hydrogens (primary N) is 1. The summed E-state index contributed by atoms with van der Waals surface area (Å²) in [7, 11) is 0. The summed E-state index contributed by atoms with van der Waals surface area (Å²) in [5, 5.41) is 11.7. The van der Waals surface area contributed by atoms with Crippen molar-refractivity contribution in [1.29, 1.82) is 0 Å². The first-order valence-corrected chi connectivity index (χ1v) is 6.79. The van der Waals surface area contributed by atoms with Gasteiger partial charge in [-0.25, -0.2) is 0 Å². The van der Waals surface area contributed by atoms with E-state index in [4.69, 9.17) is 15.7 Å². The molecule has 0 radical (unpaired) electrons. The highest BCUT2D eigenvalue weighted by Gasteiger charge is 2.07. The van der Waals surface area contributed by atoms with Gasteiger partial charge in [0, 0.05) is 18.4 Å². The molecule has 0 fully saturated rings. The zero-order chi connectivity index (χ0) is 13.9. The maximum absolute atomic E-state index is 8.69. The van der Waals surface area contributed by atoms with Crippen LogP contribution in [0.15, 0.2) is 23.5 Å². The van der Waals surface area contributed by atoms with Crippen molar-refractivity contribution in [2.24, 2.45) is 10.9 Å². The molecule has 1 rings (SSSR count). The molecule has 0 aliphatic heterocycles. The van der Waals surface area contributed by atoms with Crippen LogP contribution in [0.1, 0.15) is 50.3 Å². The van der Waals surface area contributed by atoms with Gasteiger partial charge in [0.25, 0.3) is 0 Å². The van der Waals surface area contributed by atoms with Crippen molar-refractivity contribution < 1.29 is 9.94 Å². The number of nitrogens with zero attached hydrogens (tertiary/aromatic N) is 2. The third kappa shape index (κ3) is 5.70. The maximum Gasteiger partial charge on any atom is 0.189 e. The van der Waals surface area contributed by atoms with Gasteiger partial charge in [-0.3, -0.25) is 4.98 Å². The molecule has 1 aromatic heterocycles. The lowest BCUT2D eigenvalue weighted by Gasteiger charge is -2.08. The minimum Gasteiger partial charge on any atom is -0.409 e. The molecule has 0 aromatic carbocycles. The number of unbranched alkanes of at least 4 members (excludes halogenated alkanes) is 4. The summed E-state index contributed by atoms with van der Waals surface area (Å²) in [6.07, 6.45) is 7.69. The van der Waals surface area contributed by atoms with Crippen molar-refractivity contribution in [2.45, 2.75) is 45.6 Å². The van der Waals surface area contributed by atoms with E-state index in [2.05, 4.69) is 17.1 Å². The molecule has 106 valence electrons. The van der Waals surface area contributed by atoms with Crippen LogP contribution in [0.5, 0.6) is 0 Å². The predicted molar refractivity (Wildman–Crippen MR) is 75.2 cm³/mol. The van der Waals surface area contributed by atoms with E-state index in [9.17, 15) is 0 Å². The highest BCUT2D eigenvalue weighted by atomic mass is 16.5. The number of pyridine rings is 1. The van der Waals surface area contributed by atoms with Crippen LogP contribution in [0.3, 0.4) is 0 Å². The number of aromatic nitrogens is 1. The first-order chi connectivity index (χ1) is 9.29. The van der Waals surface area contributed by atoms with Crippen molar-refractivity contribution in [3.63, 3.8) is 0 Å². The van der Waals surface area contributed by atoms with Gasteiger partial charge < -0.3 is 15.7 Å². The van der Waals surface area contributed by atoms with Crippen LogP contribution >= 0.6 is 0 Å². The third-order valence-corrected chi connectivity index (χ3v) is 2.89. The SMILES string of the molecule is CCCCCCCOCc1cccnc1C(N)=NO. The molecule has 0 aliphatic carbocycles. The zero-order valence-electron chi connectivity index (χ0n) is 11.5. The molecule has 0 saturated carbocycles. The van der Waals surface area contributed by atoms with Crippen LogP contribution in [0.4, 0.5) is 0 Å². The van der Waals surface area contributed by atoms with E-state index >= 15 is 0 Å². The summed E-state index contributed by atoms with van der Waals surface area (Å²) in [6.45, 7) is 3.37. The summed E-state index contributed by atoms with van der Waals surface area (Å²) in [5.41, 5.74) is 6.88. The van der Waals surface area contributed by atoms with E-state index in [1.807, 2.05) is 12.1 Å². The summed E-state index contributed by atoms with van der Waals surface area (Å²) in [6, 6.07) is 3.69. The van der Waals surface area contributed by atoms with Crippen molar-refractivity contribution in [2.75, 3.05) is 6.61 Å². The number of ether oxygens (including phenoxy) is 1. The lowest BCUT2D eigenvalue weighted by Crippen LogP contribution is -2.17. The van der Waals surface area contributed by atoms with Crippen LogP contribution in [0, 0.1) is 0 Å². The first kappa shape index (κ1) is 15.4. The molecule has 0 amide bonds. The Labute approximate surface area is 114 Å². The average Bonchev–Trinajstić information content (AvgIpc) is 2.46. The maximum atomic E-state index is 8.69. The van der Waals surface area contributed by atoms with Crippen molar-refractivity contribution in [1.82, 2.24) is 4.98 Å². The molecule has 5 heteroatoms. The van der Waals surface area contributed by atoms with Crippen LogP contribution in [0.25, 0.3) is 0 Å². The first-order valence-electron chi connectivity index (χ1n) is 6.79. The number of amidine groups is 1. The smallest absolute Gasteiger partial charge is 0.189 e. The second-order valence-corrected chi connectivity index (χ2v) is 4.46. The second kappa shape index (κ2) is 9.33. The van der Waals surface area contributed by atoms with Gasteiger partial charge in [0.15, 0.2) is 5.84 Å². The molecule has 5 nitrogen and oxygen atoms in total. The summed E-state index contributed by atoms with van der Waals surface area (Å²) >= 11 is 0. The lowest BCUT2D eigenvalue weighted by molar-refractivity contribution is 0.116. The minimum absolute atomic E-state index is 0.0159. The van der Waals surface area contributed by atoms with Gasteiger partial charge in [-0.05, 0) is 12.5 Å². The highest BCUT2D eigenvalue weighted by molar-refractivity contribution is 5.96. The van der Waals surface area contributed by atoms with E-state index in [0.29, 0.717) is 12.3 Å². The molecule has 3 N–H and O–H groups in total. The van der Waals surface area contributed by atoms with E-state index in [1.54, 1.807) is 6.20 Å². The molecule has 1 aromatic rings. The fourth-order valence-corrected chi connectivity index (χ4v) is 1.82. The Morgan fingerprint density at radius 3 is 2.89 bits per heavy atom. The Hall–Kier alpha value is -1.62. The Balaban J connectivity index is 2.33. The Morgan fingerprint density at radius 1 is 1.37 bits per heavy atom. The minimum atomic E-state index is 0.0159. The van der Waals surface area contributed by atoms with Crippen LogP contribution in [-0.2, 0) is 11.3 Å². The Bertz CT molecular complexity index is 394. The standard InChI is InChI=1S/C14H23N3O2/c1-2-3-4-5-6-10-19-11-12-8-7-9-16-13(12)14(15)17-18/h7-9,18H,2-6,10-11H2,1H3,(H2,15,17). The molecule has 0 aliphatic rings. The van der Waals surface area contributed by atoms with Crippen molar-refractivity contribution in [3.8, 4) is 0 Å². The molecule has 0 saturated heterocycles. The third-order valence-electron chi connectivity index (χ3n) is 2.89. The summed E-state index contributed by atoms with van der Waals surface area (Å²) < 4.78 is 5.60. The van der Waals surface area contributed by atoms with Gasteiger partial charge in [0.2, 0.25) is 0 Å². The fraction of sp³-hybridized carbons (Fsp3) is 0.571. The van der Waals surface area contributed by atoms with Crippen molar-refractivity contribution in [3.05, 3.63) is 29.6 Å². The topological polar surface area (TPSA) is 80.7 Å². The monoisotopic (exact) mass is 265 g/mol. The number of hydrogen-bond donors (Lipinski definition) is 2. The largest absolute Gasteiger partial charge is 0.409 e. The highest BCUT2D eigenvalue weighted by Crippen LogP contribution is 2.08. The summed E-state index contributed by atoms with van der Waals surface area (Å²) in [5.74, 6) is 0.0159. The normalized spacial score (nSPS) is 11.7. The van der Waals surface area contributed by atoms with Gasteiger partial charge in [0.05, 0.1) is 6.61 Å². The number of rotatable bonds is 9. The van der Waals surface area contributed by atoms with Crippen molar-refractivity contribution >= 4 is 5.84 Å². The molecular weight excluding hydrogens is 242 g/mol. The number of hydrogen-bond acceptors (Lipinski definition) is 4. The Kier molecular flexibility index (Phi) is 7.58. The van der Waals surface area contributed by atoms with E-state index in [-0.39, 0.29) is 5.84 Å². The van der Waals surface area contributed by atoms with Gasteiger partial charge in [-0.15, -0.1) is 0 Å². The van der Waals surface area contributed by atoms with E-state index in [1.165, 1.54) is 25.7 Å². The second-order valence-electron chi connectivity index (χ2n) is 4.46. The molecular formula is C14H23N3O2. The quantitative estimate of drug-likeness (QED) is 0.236. The van der Waals surface area contributed by atoms with Crippen LogP contribution in [0.2, 0.25) is 0 Å². The zero-order valence-corrected chi connectivity index (χ0v) is 11.5. The molecule has 1 heterocycles. The van der Waals surface area contributed by atoms with E-state index in [0.717, 1.165) is 18.6 Å². The molecule has 0 bridgehead atoms. The molecule has 0 spiro atoms. The van der Waals surface area contributed by atoms with Gasteiger partial charge in [0.1, 0.15) is 5.69 Å². The Morgan fingerprint density at radius 2 is 2.16 bits per heavy atom. The number of oxime groups is 1. The van der Waals surface area contributed by atoms with Crippen LogP contribution < -0.4 is 5.73 Å². The lowest BCUT2D eigenvalue weighted by atomic mass is 10.1. The molecule has 0 unspecified atom stereocenters. The average molecular weight is 265 g/mol. The van der Waals surface area contributed by atoms with Gasteiger partial charge >= 0.3 is 0 Å². The van der Waals surface area contributed by atoms with Crippen LogP contribution in [-0.4, -0.2) is 22.6 Å². The molecule has 0 atom stereocenters. The van der Waals surface area contributed by atoms with Gasteiger partial charge in [-0.1, -0.05) is 43.8 Å².